The summed E-state index contributed by atoms with van der Waals surface area (Å²) in [5.41, 5.74) is 1.23. The lowest BCUT2D eigenvalue weighted by Crippen LogP contribution is -2.19. The molecule has 0 saturated carbocycles. The minimum absolute atomic E-state index is 0.847. The average molecular weight is 180 g/mol. The molecule has 1 aromatic rings. The fourth-order valence-electron chi connectivity index (χ4n) is 1.88. The van der Waals surface area contributed by atoms with Crippen LogP contribution in [-0.4, -0.2) is 23.1 Å². The second-order valence-corrected chi connectivity index (χ2v) is 4.04. The van der Waals surface area contributed by atoms with E-state index in [1.54, 1.807) is 0 Å². The molecule has 0 amide bonds. The van der Waals surface area contributed by atoms with Crippen LogP contribution in [0, 0.1) is 12.8 Å². The Kier molecular flexibility index (Phi) is 2.36. The Hall–Kier alpha value is -0.830. The molecule has 0 bridgehead atoms. The van der Waals surface area contributed by atoms with Gasteiger partial charge in [-0.05, 0) is 25.8 Å². The lowest BCUT2D eigenvalue weighted by atomic mass is 10.2. The Morgan fingerprint density at radius 2 is 2.54 bits per heavy atom. The summed E-state index contributed by atoms with van der Waals surface area (Å²) in [5.74, 6) is 1.81. The maximum atomic E-state index is 5.02. The molecule has 0 radical (unpaired) electrons. The van der Waals surface area contributed by atoms with E-state index < -0.39 is 0 Å². The Balaban J connectivity index is 1.95. The lowest BCUT2D eigenvalue weighted by Gasteiger charge is -2.13. The molecule has 0 aromatic carbocycles. The van der Waals surface area contributed by atoms with Crippen LogP contribution in [0.2, 0.25) is 0 Å². The van der Waals surface area contributed by atoms with E-state index in [-0.39, 0.29) is 0 Å². The van der Waals surface area contributed by atoms with Crippen LogP contribution in [-0.2, 0) is 6.54 Å². The summed E-state index contributed by atoms with van der Waals surface area (Å²) in [5, 5.41) is 3.78. The van der Waals surface area contributed by atoms with Crippen LogP contribution in [0.15, 0.2) is 10.7 Å². The second kappa shape index (κ2) is 3.50. The molecule has 0 N–H and O–H groups in total. The molecule has 1 unspecified atom stereocenters. The van der Waals surface area contributed by atoms with E-state index in [0.29, 0.717) is 0 Å². The first-order valence-corrected chi connectivity index (χ1v) is 4.88. The minimum Gasteiger partial charge on any atom is -0.361 e. The van der Waals surface area contributed by atoms with E-state index >= 15 is 0 Å². The summed E-state index contributed by atoms with van der Waals surface area (Å²) in [6.45, 7) is 7.71. The molecule has 0 spiro atoms. The standard InChI is InChI=1S/C10H16N2O/c1-8-3-4-12(6-8)7-10-5-11-13-9(10)2/h5,8H,3-4,6-7H2,1-2H3. The normalized spacial score (nSPS) is 24.0. The minimum atomic E-state index is 0.847. The Labute approximate surface area is 78.7 Å². The average Bonchev–Trinajstić information content (AvgIpc) is 2.64. The second-order valence-electron chi connectivity index (χ2n) is 4.04. The van der Waals surface area contributed by atoms with Crippen molar-refractivity contribution in [2.24, 2.45) is 5.92 Å². The van der Waals surface area contributed by atoms with Gasteiger partial charge in [-0.3, -0.25) is 4.90 Å². The highest BCUT2D eigenvalue weighted by molar-refractivity contribution is 5.11. The van der Waals surface area contributed by atoms with Gasteiger partial charge in [-0.1, -0.05) is 12.1 Å². The van der Waals surface area contributed by atoms with Crippen LogP contribution >= 0.6 is 0 Å². The molecular formula is C10H16N2O. The van der Waals surface area contributed by atoms with Gasteiger partial charge in [0.25, 0.3) is 0 Å². The first-order valence-electron chi connectivity index (χ1n) is 4.88. The van der Waals surface area contributed by atoms with Crippen LogP contribution in [0.4, 0.5) is 0 Å². The van der Waals surface area contributed by atoms with Crippen molar-refractivity contribution in [1.29, 1.82) is 0 Å². The van der Waals surface area contributed by atoms with Crippen LogP contribution < -0.4 is 0 Å². The molecule has 3 heteroatoms. The zero-order chi connectivity index (χ0) is 9.26. The zero-order valence-electron chi connectivity index (χ0n) is 8.29. The van der Waals surface area contributed by atoms with Gasteiger partial charge in [0.2, 0.25) is 0 Å². The topological polar surface area (TPSA) is 29.3 Å². The summed E-state index contributed by atoms with van der Waals surface area (Å²) in [4.78, 5) is 2.46. The van der Waals surface area contributed by atoms with Gasteiger partial charge in [0, 0.05) is 18.7 Å². The molecule has 0 aliphatic carbocycles. The molecule has 1 atom stereocenters. The van der Waals surface area contributed by atoms with Crippen LogP contribution in [0.1, 0.15) is 24.7 Å². The molecule has 2 rings (SSSR count). The first-order chi connectivity index (χ1) is 6.25. The Bertz CT molecular complexity index is 282. The fourth-order valence-corrected chi connectivity index (χ4v) is 1.88. The van der Waals surface area contributed by atoms with Crippen molar-refractivity contribution in [3.63, 3.8) is 0 Å². The highest BCUT2D eigenvalue weighted by Crippen LogP contribution is 2.18. The summed E-state index contributed by atoms with van der Waals surface area (Å²) in [6, 6.07) is 0. The predicted octanol–water partition coefficient (Wildman–Crippen LogP) is 1.82. The van der Waals surface area contributed by atoms with E-state index in [4.69, 9.17) is 4.52 Å². The molecular weight excluding hydrogens is 164 g/mol. The molecule has 13 heavy (non-hydrogen) atoms. The largest absolute Gasteiger partial charge is 0.361 e. The van der Waals surface area contributed by atoms with Gasteiger partial charge >= 0.3 is 0 Å². The van der Waals surface area contributed by atoms with Gasteiger partial charge in [0.1, 0.15) is 5.76 Å². The molecule has 72 valence electrons. The van der Waals surface area contributed by atoms with Crippen molar-refractivity contribution in [3.05, 3.63) is 17.5 Å². The third-order valence-corrected chi connectivity index (χ3v) is 2.75. The Morgan fingerprint density at radius 1 is 1.69 bits per heavy atom. The van der Waals surface area contributed by atoms with E-state index in [1.807, 2.05) is 13.1 Å². The fraction of sp³-hybridized carbons (Fsp3) is 0.700. The quantitative estimate of drug-likeness (QED) is 0.695. The van der Waals surface area contributed by atoms with Crippen molar-refractivity contribution in [1.82, 2.24) is 10.1 Å². The highest BCUT2D eigenvalue weighted by atomic mass is 16.5. The van der Waals surface area contributed by atoms with E-state index in [0.717, 1.165) is 18.2 Å². The lowest BCUT2D eigenvalue weighted by molar-refractivity contribution is 0.316. The monoisotopic (exact) mass is 180 g/mol. The smallest absolute Gasteiger partial charge is 0.138 e. The first kappa shape index (κ1) is 8.75. The van der Waals surface area contributed by atoms with Gasteiger partial charge in [-0.2, -0.15) is 0 Å². The van der Waals surface area contributed by atoms with Crippen molar-refractivity contribution in [2.75, 3.05) is 13.1 Å². The van der Waals surface area contributed by atoms with Crippen molar-refractivity contribution < 1.29 is 4.52 Å². The van der Waals surface area contributed by atoms with Gasteiger partial charge in [-0.15, -0.1) is 0 Å². The molecule has 3 nitrogen and oxygen atoms in total. The number of nitrogens with zero attached hydrogens (tertiary/aromatic N) is 2. The van der Waals surface area contributed by atoms with Crippen molar-refractivity contribution in [3.8, 4) is 0 Å². The molecule has 1 saturated heterocycles. The molecule has 1 aromatic heterocycles. The summed E-state index contributed by atoms with van der Waals surface area (Å²) >= 11 is 0. The van der Waals surface area contributed by atoms with Crippen molar-refractivity contribution >= 4 is 0 Å². The number of rotatable bonds is 2. The van der Waals surface area contributed by atoms with Crippen LogP contribution in [0.25, 0.3) is 0 Å². The molecule has 1 aliphatic heterocycles. The van der Waals surface area contributed by atoms with E-state index in [2.05, 4.69) is 17.0 Å². The summed E-state index contributed by atoms with van der Waals surface area (Å²) < 4.78 is 5.02. The van der Waals surface area contributed by atoms with Gasteiger partial charge in [0.05, 0.1) is 6.20 Å². The highest BCUT2D eigenvalue weighted by Gasteiger charge is 2.19. The van der Waals surface area contributed by atoms with Crippen molar-refractivity contribution in [2.45, 2.75) is 26.8 Å². The number of aryl methyl sites for hydroxylation is 1. The SMILES string of the molecule is Cc1oncc1CN1CCC(C)C1. The molecule has 1 aliphatic rings. The molecule has 1 fully saturated rings. The summed E-state index contributed by atoms with van der Waals surface area (Å²) in [7, 11) is 0. The van der Waals surface area contributed by atoms with Crippen LogP contribution in [0.5, 0.6) is 0 Å². The van der Waals surface area contributed by atoms with E-state index in [9.17, 15) is 0 Å². The number of aromatic nitrogens is 1. The van der Waals surface area contributed by atoms with Gasteiger partial charge in [-0.25, -0.2) is 0 Å². The van der Waals surface area contributed by atoms with Gasteiger partial charge in [0.15, 0.2) is 0 Å². The van der Waals surface area contributed by atoms with Crippen LogP contribution in [0.3, 0.4) is 0 Å². The third kappa shape index (κ3) is 1.91. The predicted molar refractivity (Wildman–Crippen MR) is 50.3 cm³/mol. The number of hydrogen-bond donors (Lipinski definition) is 0. The molecule has 2 heterocycles. The number of hydrogen-bond acceptors (Lipinski definition) is 3. The van der Waals surface area contributed by atoms with Gasteiger partial charge < -0.3 is 4.52 Å². The van der Waals surface area contributed by atoms with E-state index in [1.165, 1.54) is 25.1 Å². The Morgan fingerprint density at radius 3 is 3.08 bits per heavy atom. The number of likely N-dealkylation sites (tertiary alicyclic amines) is 1. The maximum Gasteiger partial charge on any atom is 0.138 e. The zero-order valence-corrected chi connectivity index (χ0v) is 8.29. The summed E-state index contributed by atoms with van der Waals surface area (Å²) in [6.07, 6.45) is 3.16. The third-order valence-electron chi connectivity index (χ3n) is 2.75. The maximum absolute atomic E-state index is 5.02.